The Morgan fingerprint density at radius 3 is 2.29 bits per heavy atom. The number of aromatic nitrogens is 3. The summed E-state index contributed by atoms with van der Waals surface area (Å²) in [6, 6.07) is 14.1. The largest absolute Gasteiger partial charge is 0.361 e. The first kappa shape index (κ1) is 28.2. The van der Waals surface area contributed by atoms with Crippen molar-refractivity contribution >= 4 is 14.0 Å². The third-order valence-electron chi connectivity index (χ3n) is 7.75. The van der Waals surface area contributed by atoms with Gasteiger partial charge in [-0.1, -0.05) is 57.3 Å². The van der Waals surface area contributed by atoms with Gasteiger partial charge in [-0.2, -0.15) is 0 Å². The number of nitrogens with zero attached hydrogens (tertiary/aromatic N) is 4. The van der Waals surface area contributed by atoms with Crippen molar-refractivity contribution < 1.29 is 9.53 Å². The molecule has 0 bridgehead atoms. The quantitative estimate of drug-likeness (QED) is 0.203. The van der Waals surface area contributed by atoms with Crippen molar-refractivity contribution in [1.29, 1.82) is 0 Å². The molecule has 1 fully saturated rings. The normalized spacial score (nSPS) is 17.9. The first-order valence-corrected chi connectivity index (χ1v) is 17.8. The van der Waals surface area contributed by atoms with E-state index in [4.69, 9.17) is 9.72 Å². The van der Waals surface area contributed by atoms with E-state index in [2.05, 4.69) is 55.8 Å². The van der Waals surface area contributed by atoms with Crippen LogP contribution < -0.4 is 0 Å². The standard InChI is InChI=1S/C31H44N4O2Si/c1-7-23-8-10-24(11-9-23)25-12-14-26(15-13-25)28-17-16-27(20-32-28)30-33-29(31(36)34(2)3)21-35(30)22-37-18-19-38(4,5)6/h12-17,20-21,23-24H,7-11,18-19,22H2,1-6H3/t23-,24-. The molecule has 7 heteroatoms. The van der Waals surface area contributed by atoms with E-state index in [0.29, 0.717) is 30.8 Å². The lowest BCUT2D eigenvalue weighted by Gasteiger charge is -2.28. The second-order valence-corrected chi connectivity index (χ2v) is 17.8. The van der Waals surface area contributed by atoms with Gasteiger partial charge in [0.25, 0.3) is 5.91 Å². The molecule has 204 valence electrons. The minimum absolute atomic E-state index is 0.125. The fourth-order valence-corrected chi connectivity index (χ4v) is 5.90. The van der Waals surface area contributed by atoms with E-state index in [0.717, 1.165) is 28.8 Å². The summed E-state index contributed by atoms with van der Waals surface area (Å²) in [5.74, 6) is 2.17. The molecule has 2 aromatic heterocycles. The highest BCUT2D eigenvalue weighted by Crippen LogP contribution is 2.37. The zero-order chi connectivity index (χ0) is 27.3. The van der Waals surface area contributed by atoms with Crippen LogP contribution in [0.25, 0.3) is 22.6 Å². The van der Waals surface area contributed by atoms with E-state index >= 15 is 0 Å². The lowest BCUT2D eigenvalue weighted by atomic mass is 9.78. The molecule has 0 spiro atoms. The molecule has 1 saturated carbocycles. The average molecular weight is 533 g/mol. The SMILES string of the molecule is CC[C@H]1CC[C@H](c2ccc(-c3ccc(-c4nc(C(=O)N(C)C)cn4COCC[Si](C)(C)C)cn3)cc2)CC1. The van der Waals surface area contributed by atoms with Crippen molar-refractivity contribution in [2.45, 2.75) is 77.4 Å². The summed E-state index contributed by atoms with van der Waals surface area (Å²) >= 11 is 0. The predicted octanol–water partition coefficient (Wildman–Crippen LogP) is 7.31. The molecule has 1 aliphatic rings. The number of benzene rings is 1. The fourth-order valence-electron chi connectivity index (χ4n) is 5.15. The summed E-state index contributed by atoms with van der Waals surface area (Å²) in [7, 11) is 2.30. The van der Waals surface area contributed by atoms with Crippen molar-refractivity contribution in [1.82, 2.24) is 19.4 Å². The van der Waals surface area contributed by atoms with Gasteiger partial charge in [-0.25, -0.2) is 4.98 Å². The van der Waals surface area contributed by atoms with Gasteiger partial charge in [0.2, 0.25) is 0 Å². The topological polar surface area (TPSA) is 60.2 Å². The van der Waals surface area contributed by atoms with Crippen LogP contribution in [0.4, 0.5) is 0 Å². The number of hydrogen-bond donors (Lipinski definition) is 0. The third kappa shape index (κ3) is 7.20. The molecular formula is C31H44N4O2Si. The van der Waals surface area contributed by atoms with Gasteiger partial charge in [0.15, 0.2) is 0 Å². The van der Waals surface area contributed by atoms with Crippen LogP contribution >= 0.6 is 0 Å². The van der Waals surface area contributed by atoms with Crippen molar-refractivity contribution in [3.63, 3.8) is 0 Å². The number of amides is 1. The van der Waals surface area contributed by atoms with Crippen LogP contribution in [0.5, 0.6) is 0 Å². The number of carbonyl (C=O) groups is 1. The zero-order valence-electron chi connectivity index (χ0n) is 24.0. The van der Waals surface area contributed by atoms with Crippen molar-refractivity contribution in [2.75, 3.05) is 20.7 Å². The third-order valence-corrected chi connectivity index (χ3v) is 9.46. The van der Waals surface area contributed by atoms with Gasteiger partial charge in [-0.15, -0.1) is 0 Å². The van der Waals surface area contributed by atoms with E-state index in [-0.39, 0.29) is 5.91 Å². The maximum absolute atomic E-state index is 12.6. The lowest BCUT2D eigenvalue weighted by molar-refractivity contribution is 0.0817. The zero-order valence-corrected chi connectivity index (χ0v) is 25.0. The molecule has 0 radical (unpaired) electrons. The molecule has 3 aromatic rings. The van der Waals surface area contributed by atoms with E-state index in [9.17, 15) is 4.79 Å². The molecule has 1 aromatic carbocycles. The molecule has 38 heavy (non-hydrogen) atoms. The van der Waals surface area contributed by atoms with E-state index in [1.54, 1.807) is 25.2 Å². The van der Waals surface area contributed by atoms with Crippen LogP contribution in [0, 0.1) is 5.92 Å². The Hall–Kier alpha value is -2.77. The van der Waals surface area contributed by atoms with Crippen molar-refractivity contribution in [3.05, 3.63) is 60.0 Å². The summed E-state index contributed by atoms with van der Waals surface area (Å²) in [4.78, 5) is 23.6. The van der Waals surface area contributed by atoms with E-state index in [1.807, 2.05) is 22.9 Å². The first-order valence-electron chi connectivity index (χ1n) is 14.1. The molecule has 1 amide bonds. The van der Waals surface area contributed by atoms with Crippen molar-refractivity contribution in [2.24, 2.45) is 5.92 Å². The molecule has 0 saturated heterocycles. The molecule has 1 aliphatic carbocycles. The van der Waals surface area contributed by atoms with Crippen LogP contribution in [0.15, 0.2) is 48.8 Å². The van der Waals surface area contributed by atoms with Gasteiger partial charge in [0, 0.05) is 52.3 Å². The molecule has 4 rings (SSSR count). The van der Waals surface area contributed by atoms with Gasteiger partial charge in [-0.3, -0.25) is 9.78 Å². The Morgan fingerprint density at radius 1 is 1.03 bits per heavy atom. The number of carbonyl (C=O) groups excluding carboxylic acids is 1. The predicted molar refractivity (Wildman–Crippen MR) is 158 cm³/mol. The molecule has 0 aliphatic heterocycles. The van der Waals surface area contributed by atoms with Crippen LogP contribution in [0.1, 0.15) is 61.0 Å². The van der Waals surface area contributed by atoms with Gasteiger partial charge in [0.1, 0.15) is 18.2 Å². The second-order valence-electron chi connectivity index (χ2n) is 12.1. The Kier molecular flexibility index (Phi) is 9.21. The number of hydrogen-bond acceptors (Lipinski definition) is 4. The van der Waals surface area contributed by atoms with E-state index < -0.39 is 8.07 Å². The Bertz CT molecular complexity index is 1190. The summed E-state index contributed by atoms with van der Waals surface area (Å²) < 4.78 is 7.91. The smallest absolute Gasteiger partial charge is 0.273 e. The lowest BCUT2D eigenvalue weighted by Crippen LogP contribution is -2.22. The maximum Gasteiger partial charge on any atom is 0.273 e. The average Bonchev–Trinajstić information content (AvgIpc) is 3.34. The van der Waals surface area contributed by atoms with Gasteiger partial charge < -0.3 is 14.2 Å². The molecule has 2 heterocycles. The molecule has 0 atom stereocenters. The highest BCUT2D eigenvalue weighted by molar-refractivity contribution is 6.76. The number of ether oxygens (including phenoxy) is 1. The van der Waals surface area contributed by atoms with Crippen LogP contribution in [0.3, 0.4) is 0 Å². The van der Waals surface area contributed by atoms with Crippen LogP contribution in [-0.2, 0) is 11.5 Å². The fraction of sp³-hybridized carbons (Fsp3) is 0.516. The minimum atomic E-state index is -1.18. The molecular weight excluding hydrogens is 488 g/mol. The second kappa shape index (κ2) is 12.4. The van der Waals surface area contributed by atoms with E-state index in [1.165, 1.54) is 37.7 Å². The summed E-state index contributed by atoms with van der Waals surface area (Å²) in [6.07, 6.45) is 10.3. The van der Waals surface area contributed by atoms with Crippen LogP contribution in [0.2, 0.25) is 25.7 Å². The van der Waals surface area contributed by atoms with Crippen molar-refractivity contribution in [3.8, 4) is 22.6 Å². The summed E-state index contributed by atoms with van der Waals surface area (Å²) in [5.41, 5.74) is 4.78. The first-order chi connectivity index (χ1) is 18.1. The molecule has 0 N–H and O–H groups in total. The number of rotatable bonds is 10. The monoisotopic (exact) mass is 532 g/mol. The minimum Gasteiger partial charge on any atom is -0.361 e. The highest BCUT2D eigenvalue weighted by Gasteiger charge is 2.22. The Balaban J connectivity index is 1.49. The van der Waals surface area contributed by atoms with Gasteiger partial charge in [0.05, 0.1) is 5.69 Å². The Labute approximate surface area is 229 Å². The number of pyridine rings is 1. The number of imidazole rings is 1. The Morgan fingerprint density at radius 2 is 1.71 bits per heavy atom. The molecule has 6 nitrogen and oxygen atoms in total. The molecule has 0 unspecified atom stereocenters. The highest BCUT2D eigenvalue weighted by atomic mass is 28.3. The summed E-state index contributed by atoms with van der Waals surface area (Å²) in [6.45, 7) is 10.4. The van der Waals surface area contributed by atoms with Gasteiger partial charge in [-0.05, 0) is 61.3 Å². The van der Waals surface area contributed by atoms with Crippen LogP contribution in [-0.4, -0.2) is 54.1 Å². The summed E-state index contributed by atoms with van der Waals surface area (Å²) in [5, 5.41) is 0. The van der Waals surface area contributed by atoms with Gasteiger partial charge >= 0.3 is 0 Å². The maximum atomic E-state index is 12.6.